The third-order valence-electron chi connectivity index (χ3n) is 3.87. The predicted molar refractivity (Wildman–Crippen MR) is 99.5 cm³/mol. The summed E-state index contributed by atoms with van der Waals surface area (Å²) < 4.78 is 0. The average molecular weight is 360 g/mol. The van der Waals surface area contributed by atoms with E-state index in [9.17, 15) is 9.90 Å². The summed E-state index contributed by atoms with van der Waals surface area (Å²) in [6.45, 7) is 6.50. The van der Waals surface area contributed by atoms with Crippen molar-refractivity contribution in [2.24, 2.45) is 0 Å². The minimum Gasteiger partial charge on any atom is -0.477 e. The summed E-state index contributed by atoms with van der Waals surface area (Å²) in [6, 6.07) is 13.6. The first-order valence-corrected chi connectivity index (χ1v) is 8.78. The fraction of sp³-hybridized carbons (Fsp3) is 0.211. The second-order valence-corrected chi connectivity index (χ2v) is 8.22. The molecule has 124 valence electrons. The highest BCUT2D eigenvalue weighted by molar-refractivity contribution is 7.99. The van der Waals surface area contributed by atoms with Crippen molar-refractivity contribution in [3.05, 3.63) is 58.7 Å². The van der Waals surface area contributed by atoms with Crippen molar-refractivity contribution in [3.63, 3.8) is 0 Å². The Morgan fingerprint density at radius 3 is 2.38 bits per heavy atom. The molecule has 0 aliphatic carbocycles. The van der Waals surface area contributed by atoms with E-state index in [-0.39, 0.29) is 11.1 Å². The lowest BCUT2D eigenvalue weighted by Crippen LogP contribution is -2.10. The van der Waals surface area contributed by atoms with E-state index in [1.807, 2.05) is 12.1 Å². The summed E-state index contributed by atoms with van der Waals surface area (Å²) >= 11 is 7.52. The molecule has 2 aromatic carbocycles. The van der Waals surface area contributed by atoms with Gasteiger partial charge in [0.15, 0.2) is 0 Å². The number of hydrogen-bond acceptors (Lipinski definition) is 2. The van der Waals surface area contributed by atoms with Crippen molar-refractivity contribution in [3.8, 4) is 0 Å². The molecule has 0 amide bonds. The van der Waals surface area contributed by atoms with Crippen LogP contribution in [0.15, 0.2) is 52.3 Å². The van der Waals surface area contributed by atoms with Gasteiger partial charge in [0.1, 0.15) is 5.69 Å². The van der Waals surface area contributed by atoms with Crippen LogP contribution in [0, 0.1) is 0 Å². The van der Waals surface area contributed by atoms with Crippen LogP contribution in [-0.4, -0.2) is 16.1 Å². The summed E-state index contributed by atoms with van der Waals surface area (Å²) in [4.78, 5) is 16.2. The molecule has 0 aliphatic heterocycles. The average Bonchev–Trinajstić information content (AvgIpc) is 2.85. The highest BCUT2D eigenvalue weighted by atomic mass is 35.5. The Kier molecular flexibility index (Phi) is 4.37. The number of aromatic amines is 1. The van der Waals surface area contributed by atoms with Crippen molar-refractivity contribution in [2.75, 3.05) is 0 Å². The number of carbonyl (C=O) groups is 1. The van der Waals surface area contributed by atoms with Crippen LogP contribution in [0.5, 0.6) is 0 Å². The molecule has 1 heterocycles. The fourth-order valence-electron chi connectivity index (χ4n) is 2.54. The topological polar surface area (TPSA) is 53.1 Å². The molecule has 0 radical (unpaired) electrons. The van der Waals surface area contributed by atoms with Crippen LogP contribution in [0.2, 0.25) is 5.02 Å². The number of aromatic carboxylic acids is 1. The highest BCUT2D eigenvalue weighted by Crippen LogP contribution is 2.38. The van der Waals surface area contributed by atoms with Crippen LogP contribution >= 0.6 is 23.4 Å². The van der Waals surface area contributed by atoms with E-state index < -0.39 is 5.97 Å². The van der Waals surface area contributed by atoms with Crippen molar-refractivity contribution < 1.29 is 9.90 Å². The zero-order valence-corrected chi connectivity index (χ0v) is 15.3. The van der Waals surface area contributed by atoms with Crippen molar-refractivity contribution >= 4 is 40.2 Å². The third kappa shape index (κ3) is 3.30. The van der Waals surface area contributed by atoms with Gasteiger partial charge in [-0.3, -0.25) is 0 Å². The summed E-state index contributed by atoms with van der Waals surface area (Å²) in [6.07, 6.45) is 0. The van der Waals surface area contributed by atoms with Gasteiger partial charge in [-0.1, -0.05) is 56.3 Å². The van der Waals surface area contributed by atoms with E-state index in [1.165, 1.54) is 17.3 Å². The number of halogens is 1. The van der Waals surface area contributed by atoms with Gasteiger partial charge in [-0.05, 0) is 41.3 Å². The SMILES string of the molecule is CC(C)(C)c1ccc(Sc2c(C(=O)O)[nH]c3ccc(Cl)cc23)cc1. The highest BCUT2D eigenvalue weighted by Gasteiger charge is 2.19. The molecule has 0 bridgehead atoms. The van der Waals surface area contributed by atoms with E-state index in [0.717, 1.165) is 15.8 Å². The van der Waals surface area contributed by atoms with Crippen LogP contribution in [0.25, 0.3) is 10.9 Å². The molecule has 0 fully saturated rings. The van der Waals surface area contributed by atoms with Gasteiger partial charge in [-0.15, -0.1) is 0 Å². The van der Waals surface area contributed by atoms with Crippen molar-refractivity contribution in [1.29, 1.82) is 0 Å². The Morgan fingerprint density at radius 2 is 1.79 bits per heavy atom. The molecule has 0 saturated carbocycles. The number of benzene rings is 2. The quantitative estimate of drug-likeness (QED) is 0.605. The maximum Gasteiger partial charge on any atom is 0.353 e. The summed E-state index contributed by atoms with van der Waals surface area (Å²) in [5.74, 6) is -0.976. The number of carboxylic acids is 1. The molecule has 5 heteroatoms. The van der Waals surface area contributed by atoms with E-state index in [0.29, 0.717) is 9.92 Å². The molecule has 2 N–H and O–H groups in total. The summed E-state index contributed by atoms with van der Waals surface area (Å²) in [7, 11) is 0. The normalized spacial score (nSPS) is 11.8. The Morgan fingerprint density at radius 1 is 1.12 bits per heavy atom. The Labute approximate surface area is 150 Å². The van der Waals surface area contributed by atoms with Gasteiger partial charge >= 0.3 is 5.97 Å². The molecule has 0 unspecified atom stereocenters. The minimum atomic E-state index is -0.976. The van der Waals surface area contributed by atoms with E-state index in [2.05, 4.69) is 37.9 Å². The maximum absolute atomic E-state index is 11.6. The van der Waals surface area contributed by atoms with Gasteiger partial charge in [0.05, 0.1) is 4.90 Å². The number of aromatic nitrogens is 1. The molecule has 0 spiro atoms. The number of H-pyrrole nitrogens is 1. The van der Waals surface area contributed by atoms with Crippen LogP contribution in [0.4, 0.5) is 0 Å². The smallest absolute Gasteiger partial charge is 0.353 e. The number of fused-ring (bicyclic) bond motifs is 1. The predicted octanol–water partition coefficient (Wildman–Crippen LogP) is 5.97. The molecule has 0 saturated heterocycles. The van der Waals surface area contributed by atoms with Gasteiger partial charge in [-0.2, -0.15) is 0 Å². The zero-order chi connectivity index (χ0) is 17.5. The molecule has 3 nitrogen and oxygen atoms in total. The molecule has 0 atom stereocenters. The van der Waals surface area contributed by atoms with E-state index >= 15 is 0 Å². The zero-order valence-electron chi connectivity index (χ0n) is 13.7. The molecule has 1 aromatic heterocycles. The molecule has 3 aromatic rings. The monoisotopic (exact) mass is 359 g/mol. The molecule has 24 heavy (non-hydrogen) atoms. The summed E-state index contributed by atoms with van der Waals surface area (Å²) in [5, 5.41) is 10.9. The lowest BCUT2D eigenvalue weighted by Gasteiger charge is -2.19. The number of nitrogens with one attached hydrogen (secondary N) is 1. The Hall–Kier alpha value is -1.91. The van der Waals surface area contributed by atoms with Gasteiger partial charge in [0, 0.05) is 20.8 Å². The van der Waals surface area contributed by atoms with Gasteiger partial charge < -0.3 is 10.1 Å². The van der Waals surface area contributed by atoms with E-state index in [1.54, 1.807) is 18.2 Å². The van der Waals surface area contributed by atoms with Gasteiger partial charge in [0.2, 0.25) is 0 Å². The molecular formula is C19H18ClNO2S. The van der Waals surface area contributed by atoms with E-state index in [4.69, 9.17) is 11.6 Å². The largest absolute Gasteiger partial charge is 0.477 e. The second-order valence-electron chi connectivity index (χ2n) is 6.70. The molecular weight excluding hydrogens is 342 g/mol. The van der Waals surface area contributed by atoms with Crippen LogP contribution < -0.4 is 0 Å². The molecule has 0 aliphatic rings. The number of hydrogen-bond donors (Lipinski definition) is 2. The molecule has 3 rings (SSSR count). The van der Waals surface area contributed by atoms with Gasteiger partial charge in [0.25, 0.3) is 0 Å². The van der Waals surface area contributed by atoms with Crippen LogP contribution in [0.1, 0.15) is 36.8 Å². The van der Waals surface area contributed by atoms with Crippen molar-refractivity contribution in [2.45, 2.75) is 36.0 Å². The summed E-state index contributed by atoms with van der Waals surface area (Å²) in [5.41, 5.74) is 2.29. The third-order valence-corrected chi connectivity index (χ3v) is 5.24. The van der Waals surface area contributed by atoms with Crippen LogP contribution in [0.3, 0.4) is 0 Å². The Balaban J connectivity index is 2.04. The maximum atomic E-state index is 11.6. The fourth-order valence-corrected chi connectivity index (χ4v) is 3.74. The minimum absolute atomic E-state index is 0.0870. The lowest BCUT2D eigenvalue weighted by atomic mass is 9.87. The van der Waals surface area contributed by atoms with Crippen molar-refractivity contribution in [1.82, 2.24) is 4.98 Å². The van der Waals surface area contributed by atoms with Gasteiger partial charge in [-0.25, -0.2) is 4.79 Å². The second kappa shape index (κ2) is 6.19. The first kappa shape index (κ1) is 16.9. The first-order chi connectivity index (χ1) is 11.3. The Bertz CT molecular complexity index is 908. The number of rotatable bonds is 3. The number of carboxylic acid groups (broad SMARTS) is 1. The first-order valence-electron chi connectivity index (χ1n) is 7.58. The standard InChI is InChI=1S/C19H18ClNO2S/c1-19(2,3)11-4-7-13(8-5-11)24-17-14-10-12(20)6-9-15(14)21-16(17)18(22)23/h4-10,21H,1-3H3,(H,22,23). The lowest BCUT2D eigenvalue weighted by molar-refractivity contribution is 0.0688. The van der Waals surface area contributed by atoms with Crippen LogP contribution in [-0.2, 0) is 5.41 Å².